The Morgan fingerprint density at radius 1 is 1.36 bits per heavy atom. The molecule has 1 amide bonds. The third-order valence-corrected chi connectivity index (χ3v) is 5.33. The smallest absolute Gasteiger partial charge is 0.254 e. The number of hydrogen-bond acceptors (Lipinski definition) is 5. The van der Waals surface area contributed by atoms with Crippen LogP contribution in [0.4, 0.5) is 5.82 Å². The number of nitrogen functional groups attached to an aromatic ring is 1. The van der Waals surface area contributed by atoms with Gasteiger partial charge in [-0.25, -0.2) is 4.98 Å². The third kappa shape index (κ3) is 3.30. The second-order valence-electron chi connectivity index (χ2n) is 6.86. The number of benzene rings is 1. The fraction of sp³-hybridized carbons (Fsp3) is 0.286. The Morgan fingerprint density at radius 2 is 2.18 bits per heavy atom. The summed E-state index contributed by atoms with van der Waals surface area (Å²) < 4.78 is 5.74. The van der Waals surface area contributed by atoms with Gasteiger partial charge in [0.2, 0.25) is 0 Å². The first-order valence-corrected chi connectivity index (χ1v) is 9.59. The van der Waals surface area contributed by atoms with Crippen LogP contribution in [0.15, 0.2) is 36.5 Å². The predicted octanol–water partition coefficient (Wildman–Crippen LogP) is 4.12. The largest absolute Gasteiger partial charge is 0.383 e. The average molecular weight is 397 g/mol. The van der Waals surface area contributed by atoms with Gasteiger partial charge in [-0.3, -0.25) is 9.78 Å². The molecule has 6 nitrogen and oxygen atoms in total. The molecule has 1 aliphatic heterocycles. The molecule has 1 aromatic carbocycles. The maximum absolute atomic E-state index is 13.1. The zero-order valence-electron chi connectivity index (χ0n) is 15.8. The molecular weight excluding hydrogens is 376 g/mol. The summed E-state index contributed by atoms with van der Waals surface area (Å²) >= 11 is 5.90. The molecule has 144 valence electrons. The number of fused-ring (bicyclic) bond motifs is 3. The van der Waals surface area contributed by atoms with Crippen molar-refractivity contribution < 1.29 is 9.53 Å². The van der Waals surface area contributed by atoms with E-state index in [0.29, 0.717) is 36.1 Å². The number of nitrogens with zero attached hydrogens (tertiary/aromatic N) is 3. The summed E-state index contributed by atoms with van der Waals surface area (Å²) in [5.41, 5.74) is 10.2. The van der Waals surface area contributed by atoms with Gasteiger partial charge in [0, 0.05) is 29.3 Å². The molecule has 3 heterocycles. The lowest BCUT2D eigenvalue weighted by atomic mass is 10.00. The van der Waals surface area contributed by atoms with Crippen molar-refractivity contribution in [1.29, 1.82) is 0 Å². The quantitative estimate of drug-likeness (QED) is 0.717. The van der Waals surface area contributed by atoms with Gasteiger partial charge in [0.25, 0.3) is 5.91 Å². The fourth-order valence-corrected chi connectivity index (χ4v) is 3.72. The van der Waals surface area contributed by atoms with Crippen molar-refractivity contribution >= 4 is 34.2 Å². The van der Waals surface area contributed by atoms with Gasteiger partial charge in [0.1, 0.15) is 5.82 Å². The number of amides is 1. The number of carbonyl (C=O) groups is 1. The van der Waals surface area contributed by atoms with Crippen LogP contribution in [0.2, 0.25) is 5.02 Å². The highest BCUT2D eigenvalue weighted by Crippen LogP contribution is 2.38. The van der Waals surface area contributed by atoms with Gasteiger partial charge >= 0.3 is 0 Å². The van der Waals surface area contributed by atoms with Gasteiger partial charge in [-0.2, -0.15) is 0 Å². The Labute approximate surface area is 168 Å². The standard InChI is InChI=1S/C21H21ClN4O2/c1-3-26(10-15-6-5-14(22)9-24-15)21(27)13-4-7-18-16(8-13)17-11-28-12(2)19(17)20(23)25-18/h4-9,12H,3,10-11H2,1-2H3,(H2,23,25)/t12-/m1/s1. The van der Waals surface area contributed by atoms with E-state index in [1.54, 1.807) is 23.2 Å². The topological polar surface area (TPSA) is 81.3 Å². The molecule has 28 heavy (non-hydrogen) atoms. The van der Waals surface area contributed by atoms with Crippen LogP contribution in [0.1, 0.15) is 47.1 Å². The van der Waals surface area contributed by atoms with Gasteiger partial charge in [0.15, 0.2) is 0 Å². The molecule has 1 atom stereocenters. The lowest BCUT2D eigenvalue weighted by molar-refractivity contribution is 0.0750. The van der Waals surface area contributed by atoms with Crippen LogP contribution in [0.3, 0.4) is 0 Å². The summed E-state index contributed by atoms with van der Waals surface area (Å²) in [5.74, 6) is 0.439. The lowest BCUT2D eigenvalue weighted by Crippen LogP contribution is -2.30. The van der Waals surface area contributed by atoms with Crippen LogP contribution < -0.4 is 5.73 Å². The molecule has 0 saturated heterocycles. The Balaban J connectivity index is 1.68. The maximum atomic E-state index is 13.1. The molecule has 2 aromatic heterocycles. The van der Waals surface area contributed by atoms with Crippen molar-refractivity contribution in [2.75, 3.05) is 12.3 Å². The fourth-order valence-electron chi connectivity index (χ4n) is 3.60. The van der Waals surface area contributed by atoms with Crippen LogP contribution >= 0.6 is 11.6 Å². The molecule has 0 bridgehead atoms. The second kappa shape index (κ2) is 7.37. The Bertz CT molecular complexity index is 1050. The van der Waals surface area contributed by atoms with Crippen molar-refractivity contribution in [2.24, 2.45) is 0 Å². The van der Waals surface area contributed by atoms with E-state index in [9.17, 15) is 4.79 Å². The summed E-state index contributed by atoms with van der Waals surface area (Å²) in [7, 11) is 0. The summed E-state index contributed by atoms with van der Waals surface area (Å²) in [5, 5.41) is 1.49. The van der Waals surface area contributed by atoms with Crippen LogP contribution in [-0.2, 0) is 17.9 Å². The number of pyridine rings is 2. The van der Waals surface area contributed by atoms with Crippen molar-refractivity contribution in [3.05, 3.63) is 63.9 Å². The molecule has 0 aliphatic carbocycles. The molecule has 0 unspecified atom stereocenters. The molecule has 0 radical (unpaired) electrons. The van der Waals surface area contributed by atoms with E-state index in [4.69, 9.17) is 22.1 Å². The number of ether oxygens (including phenoxy) is 1. The summed E-state index contributed by atoms with van der Waals surface area (Å²) in [6, 6.07) is 9.13. The zero-order valence-corrected chi connectivity index (χ0v) is 16.5. The number of nitrogens with two attached hydrogens (primary N) is 1. The minimum absolute atomic E-state index is 0.0568. The minimum atomic E-state index is -0.0885. The van der Waals surface area contributed by atoms with E-state index in [0.717, 1.165) is 27.7 Å². The Kier molecular flexibility index (Phi) is 4.91. The van der Waals surface area contributed by atoms with Gasteiger partial charge in [0.05, 0.1) is 35.5 Å². The molecule has 0 saturated carbocycles. The van der Waals surface area contributed by atoms with Crippen LogP contribution in [-0.4, -0.2) is 27.3 Å². The number of anilines is 1. The van der Waals surface area contributed by atoms with E-state index in [1.807, 2.05) is 32.0 Å². The van der Waals surface area contributed by atoms with E-state index in [-0.39, 0.29) is 12.0 Å². The highest BCUT2D eigenvalue weighted by atomic mass is 35.5. The summed E-state index contributed by atoms with van der Waals surface area (Å²) in [6.45, 7) is 5.37. The number of halogens is 1. The monoisotopic (exact) mass is 396 g/mol. The molecule has 7 heteroatoms. The molecule has 0 fully saturated rings. The number of aromatic nitrogens is 2. The van der Waals surface area contributed by atoms with E-state index in [1.165, 1.54) is 0 Å². The zero-order chi connectivity index (χ0) is 19.8. The Morgan fingerprint density at radius 3 is 2.89 bits per heavy atom. The third-order valence-electron chi connectivity index (χ3n) is 5.11. The first kappa shape index (κ1) is 18.7. The molecular formula is C21H21ClN4O2. The van der Waals surface area contributed by atoms with Crippen molar-refractivity contribution in [2.45, 2.75) is 33.1 Å². The van der Waals surface area contributed by atoms with E-state index in [2.05, 4.69) is 9.97 Å². The normalized spacial score (nSPS) is 15.6. The average Bonchev–Trinajstić information content (AvgIpc) is 3.09. The molecule has 3 aromatic rings. The Hall–Kier alpha value is -2.70. The molecule has 4 rings (SSSR count). The number of hydrogen-bond donors (Lipinski definition) is 1. The van der Waals surface area contributed by atoms with E-state index < -0.39 is 0 Å². The van der Waals surface area contributed by atoms with Gasteiger partial charge < -0.3 is 15.4 Å². The SMILES string of the molecule is CCN(Cc1ccc(Cl)cn1)C(=O)c1ccc2nc(N)c3c(c2c1)CO[C@@H]3C. The maximum Gasteiger partial charge on any atom is 0.254 e. The van der Waals surface area contributed by atoms with Crippen molar-refractivity contribution in [3.63, 3.8) is 0 Å². The number of carbonyl (C=O) groups excluding carboxylic acids is 1. The van der Waals surface area contributed by atoms with Crippen LogP contribution in [0.25, 0.3) is 10.9 Å². The first-order chi connectivity index (χ1) is 13.5. The summed E-state index contributed by atoms with van der Waals surface area (Å²) in [6.07, 6.45) is 1.50. The van der Waals surface area contributed by atoms with Crippen molar-refractivity contribution in [1.82, 2.24) is 14.9 Å². The van der Waals surface area contributed by atoms with Gasteiger partial charge in [-0.05, 0) is 49.7 Å². The van der Waals surface area contributed by atoms with Crippen LogP contribution in [0.5, 0.6) is 0 Å². The van der Waals surface area contributed by atoms with Crippen LogP contribution in [0, 0.1) is 0 Å². The predicted molar refractivity (Wildman–Crippen MR) is 109 cm³/mol. The van der Waals surface area contributed by atoms with Crippen molar-refractivity contribution in [3.8, 4) is 0 Å². The minimum Gasteiger partial charge on any atom is -0.383 e. The lowest BCUT2D eigenvalue weighted by Gasteiger charge is -2.21. The molecule has 0 spiro atoms. The highest BCUT2D eigenvalue weighted by Gasteiger charge is 2.26. The van der Waals surface area contributed by atoms with E-state index >= 15 is 0 Å². The molecule has 1 aliphatic rings. The summed E-state index contributed by atoms with van der Waals surface area (Å²) in [4.78, 5) is 23.7. The second-order valence-corrected chi connectivity index (χ2v) is 7.30. The van der Waals surface area contributed by atoms with Gasteiger partial charge in [-0.15, -0.1) is 0 Å². The number of rotatable bonds is 4. The first-order valence-electron chi connectivity index (χ1n) is 9.21. The highest BCUT2D eigenvalue weighted by molar-refractivity contribution is 6.30. The van der Waals surface area contributed by atoms with Gasteiger partial charge in [-0.1, -0.05) is 11.6 Å². The molecule has 2 N–H and O–H groups in total.